The van der Waals surface area contributed by atoms with Crippen molar-refractivity contribution in [2.24, 2.45) is 0 Å². The topological polar surface area (TPSA) is 64.5 Å². The van der Waals surface area contributed by atoms with E-state index in [1.807, 2.05) is 0 Å². The SMILES string of the molecule is COc1ccc(C(O)c2cnns2)c(OC)c1. The maximum atomic E-state index is 10.2. The number of aromatic nitrogens is 2. The predicted octanol–water partition coefficient (Wildman–Crippen LogP) is 1.64. The molecular weight excluding hydrogens is 240 g/mol. The van der Waals surface area contributed by atoms with Gasteiger partial charge in [0.15, 0.2) is 0 Å². The summed E-state index contributed by atoms with van der Waals surface area (Å²) < 4.78 is 14.1. The third kappa shape index (κ3) is 2.37. The Bertz CT molecular complexity index is 487. The number of hydrogen-bond donors (Lipinski definition) is 1. The minimum absolute atomic E-state index is 0.574. The Kier molecular flexibility index (Phi) is 3.55. The number of aliphatic hydroxyl groups is 1. The van der Waals surface area contributed by atoms with Crippen LogP contribution in [0.4, 0.5) is 0 Å². The summed E-state index contributed by atoms with van der Waals surface area (Å²) in [5.74, 6) is 1.26. The first kappa shape index (κ1) is 11.8. The zero-order valence-electron chi connectivity index (χ0n) is 9.45. The van der Waals surface area contributed by atoms with Crippen molar-refractivity contribution in [3.05, 3.63) is 34.8 Å². The van der Waals surface area contributed by atoms with Gasteiger partial charge in [0, 0.05) is 11.6 Å². The van der Waals surface area contributed by atoms with Gasteiger partial charge in [-0.1, -0.05) is 4.49 Å². The van der Waals surface area contributed by atoms with E-state index >= 15 is 0 Å². The summed E-state index contributed by atoms with van der Waals surface area (Å²) in [7, 11) is 3.13. The lowest BCUT2D eigenvalue weighted by atomic mass is 10.1. The standard InChI is InChI=1S/C11H12N2O3S/c1-15-7-3-4-8(9(5-7)16-2)11(14)10-6-12-13-17-10/h3-6,11,14H,1-2H3. The number of benzene rings is 1. The van der Waals surface area contributed by atoms with Gasteiger partial charge in [-0.15, -0.1) is 5.10 Å². The summed E-state index contributed by atoms with van der Waals surface area (Å²) in [5.41, 5.74) is 0.666. The molecule has 0 fully saturated rings. The van der Waals surface area contributed by atoms with Gasteiger partial charge in [-0.05, 0) is 23.7 Å². The lowest BCUT2D eigenvalue weighted by Gasteiger charge is -2.13. The maximum Gasteiger partial charge on any atom is 0.128 e. The lowest BCUT2D eigenvalue weighted by Crippen LogP contribution is -2.01. The zero-order chi connectivity index (χ0) is 12.3. The normalized spacial score (nSPS) is 12.2. The van der Waals surface area contributed by atoms with Gasteiger partial charge in [0.1, 0.15) is 17.6 Å². The van der Waals surface area contributed by atoms with Crippen molar-refractivity contribution >= 4 is 11.5 Å². The van der Waals surface area contributed by atoms with Gasteiger partial charge in [-0.25, -0.2) is 0 Å². The van der Waals surface area contributed by atoms with Gasteiger partial charge in [-0.3, -0.25) is 0 Å². The van der Waals surface area contributed by atoms with E-state index in [0.717, 1.165) is 11.5 Å². The average Bonchev–Trinajstić information content (AvgIpc) is 2.91. The second kappa shape index (κ2) is 5.11. The number of rotatable bonds is 4. The van der Waals surface area contributed by atoms with Crippen LogP contribution in [0.1, 0.15) is 16.5 Å². The highest BCUT2D eigenvalue weighted by Crippen LogP contribution is 2.33. The molecule has 6 heteroatoms. The van der Waals surface area contributed by atoms with E-state index in [1.165, 1.54) is 0 Å². The predicted molar refractivity (Wildman–Crippen MR) is 63.5 cm³/mol. The molecule has 0 aliphatic rings. The molecule has 0 aliphatic heterocycles. The fourth-order valence-electron chi connectivity index (χ4n) is 1.49. The van der Waals surface area contributed by atoms with E-state index in [-0.39, 0.29) is 0 Å². The van der Waals surface area contributed by atoms with E-state index < -0.39 is 6.10 Å². The van der Waals surface area contributed by atoms with Gasteiger partial charge >= 0.3 is 0 Å². The summed E-state index contributed by atoms with van der Waals surface area (Å²) in [5, 5.41) is 13.9. The first-order valence-corrected chi connectivity index (χ1v) is 5.71. The quantitative estimate of drug-likeness (QED) is 0.896. The average molecular weight is 252 g/mol. The van der Waals surface area contributed by atoms with Crippen LogP contribution in [-0.4, -0.2) is 28.9 Å². The molecule has 2 aromatic rings. The number of nitrogens with zero attached hydrogens (tertiary/aromatic N) is 2. The van der Waals surface area contributed by atoms with Crippen LogP contribution < -0.4 is 9.47 Å². The Hall–Kier alpha value is -1.66. The molecule has 0 bridgehead atoms. The Morgan fingerprint density at radius 3 is 2.71 bits per heavy atom. The minimum Gasteiger partial charge on any atom is -0.497 e. The molecule has 0 aliphatic carbocycles. The zero-order valence-corrected chi connectivity index (χ0v) is 10.3. The van der Waals surface area contributed by atoms with E-state index in [2.05, 4.69) is 9.59 Å². The van der Waals surface area contributed by atoms with E-state index in [0.29, 0.717) is 21.9 Å². The van der Waals surface area contributed by atoms with Crippen molar-refractivity contribution in [1.82, 2.24) is 9.59 Å². The second-order valence-corrected chi connectivity index (χ2v) is 4.15. The van der Waals surface area contributed by atoms with E-state index in [9.17, 15) is 5.11 Å². The van der Waals surface area contributed by atoms with Crippen LogP contribution in [-0.2, 0) is 0 Å². The van der Waals surface area contributed by atoms with Gasteiger partial charge in [0.05, 0.1) is 25.3 Å². The number of hydrogen-bond acceptors (Lipinski definition) is 6. The first-order valence-electron chi connectivity index (χ1n) is 4.93. The molecule has 2 rings (SSSR count). The molecule has 1 heterocycles. The second-order valence-electron chi connectivity index (χ2n) is 3.33. The molecule has 0 amide bonds. The van der Waals surface area contributed by atoms with Crippen LogP contribution in [0.2, 0.25) is 0 Å². The highest BCUT2D eigenvalue weighted by molar-refractivity contribution is 7.05. The van der Waals surface area contributed by atoms with E-state index in [4.69, 9.17) is 9.47 Å². The molecule has 1 unspecified atom stereocenters. The molecule has 1 aromatic heterocycles. The third-order valence-corrected chi connectivity index (χ3v) is 3.10. The van der Waals surface area contributed by atoms with Crippen molar-refractivity contribution in [2.75, 3.05) is 14.2 Å². The Balaban J connectivity index is 2.38. The monoisotopic (exact) mass is 252 g/mol. The Morgan fingerprint density at radius 1 is 1.29 bits per heavy atom. The molecule has 1 atom stereocenters. The maximum absolute atomic E-state index is 10.2. The fourth-order valence-corrected chi connectivity index (χ4v) is 2.00. The van der Waals surface area contributed by atoms with Crippen molar-refractivity contribution in [1.29, 1.82) is 0 Å². The van der Waals surface area contributed by atoms with Crippen molar-refractivity contribution in [3.8, 4) is 11.5 Å². The molecular formula is C11H12N2O3S. The molecule has 1 aromatic carbocycles. The van der Waals surface area contributed by atoms with Crippen LogP contribution in [0.25, 0.3) is 0 Å². The van der Waals surface area contributed by atoms with Gasteiger partial charge < -0.3 is 14.6 Å². The number of ether oxygens (including phenoxy) is 2. The van der Waals surface area contributed by atoms with Gasteiger partial charge in [0.25, 0.3) is 0 Å². The summed E-state index contributed by atoms with van der Waals surface area (Å²) in [6.07, 6.45) is 0.759. The summed E-state index contributed by atoms with van der Waals surface area (Å²) >= 11 is 1.16. The number of methoxy groups -OCH3 is 2. The Labute approximate surface area is 103 Å². The molecule has 0 saturated heterocycles. The van der Waals surface area contributed by atoms with Gasteiger partial charge in [0.2, 0.25) is 0 Å². The molecule has 0 spiro atoms. The van der Waals surface area contributed by atoms with Crippen molar-refractivity contribution in [3.63, 3.8) is 0 Å². The molecule has 17 heavy (non-hydrogen) atoms. The molecule has 5 nitrogen and oxygen atoms in total. The van der Waals surface area contributed by atoms with Crippen LogP contribution in [0, 0.1) is 0 Å². The van der Waals surface area contributed by atoms with Crippen LogP contribution in [0.3, 0.4) is 0 Å². The Morgan fingerprint density at radius 2 is 2.12 bits per heavy atom. The van der Waals surface area contributed by atoms with Crippen LogP contribution in [0.5, 0.6) is 11.5 Å². The van der Waals surface area contributed by atoms with Crippen molar-refractivity contribution in [2.45, 2.75) is 6.10 Å². The summed E-state index contributed by atoms with van der Waals surface area (Å²) in [4.78, 5) is 0.675. The molecule has 0 radical (unpaired) electrons. The lowest BCUT2D eigenvalue weighted by molar-refractivity contribution is 0.218. The third-order valence-electron chi connectivity index (χ3n) is 2.38. The largest absolute Gasteiger partial charge is 0.497 e. The highest BCUT2D eigenvalue weighted by Gasteiger charge is 2.17. The fraction of sp³-hybridized carbons (Fsp3) is 0.273. The molecule has 0 saturated carbocycles. The minimum atomic E-state index is -0.782. The number of aliphatic hydroxyl groups excluding tert-OH is 1. The molecule has 1 N–H and O–H groups in total. The van der Waals surface area contributed by atoms with Crippen molar-refractivity contribution < 1.29 is 14.6 Å². The molecule has 90 valence electrons. The smallest absolute Gasteiger partial charge is 0.128 e. The van der Waals surface area contributed by atoms with E-state index in [1.54, 1.807) is 38.6 Å². The van der Waals surface area contributed by atoms with Gasteiger partial charge in [-0.2, -0.15) is 0 Å². The van der Waals surface area contributed by atoms with Crippen LogP contribution >= 0.6 is 11.5 Å². The first-order chi connectivity index (χ1) is 8.26. The van der Waals surface area contributed by atoms with Crippen LogP contribution in [0.15, 0.2) is 24.4 Å². The summed E-state index contributed by atoms with van der Waals surface area (Å²) in [6, 6.07) is 5.27. The highest BCUT2D eigenvalue weighted by atomic mass is 32.1. The summed E-state index contributed by atoms with van der Waals surface area (Å²) in [6.45, 7) is 0.